The van der Waals surface area contributed by atoms with E-state index in [0.29, 0.717) is 22.7 Å². The minimum atomic E-state index is 0.139. The highest BCUT2D eigenvalue weighted by Gasteiger charge is 2.96. The first-order chi connectivity index (χ1) is 12.2. The van der Waals surface area contributed by atoms with Gasteiger partial charge in [-0.3, -0.25) is 0 Å². The maximum Gasteiger partial charge on any atom is 0.0797 e. The summed E-state index contributed by atoms with van der Waals surface area (Å²) >= 11 is 5.57. The topological polar surface area (TPSA) is 26.0 Å². The molecule has 5 atom stereocenters. The van der Waals surface area contributed by atoms with E-state index in [1.54, 1.807) is 5.57 Å². The molecule has 1 spiro atoms. The van der Waals surface area contributed by atoms with Crippen molar-refractivity contribution >= 4 is 23.3 Å². The van der Waals surface area contributed by atoms with Gasteiger partial charge in [0.05, 0.1) is 4.99 Å². The van der Waals surface area contributed by atoms with Crippen LogP contribution in [0.25, 0.3) is 6.08 Å². The van der Waals surface area contributed by atoms with E-state index < -0.39 is 0 Å². The number of rotatable bonds is 3. The molecule has 25 heavy (non-hydrogen) atoms. The first kappa shape index (κ1) is 14.3. The van der Waals surface area contributed by atoms with Gasteiger partial charge in [-0.25, -0.2) is 0 Å². The van der Waals surface area contributed by atoms with Gasteiger partial charge in [-0.2, -0.15) is 0 Å². The van der Waals surface area contributed by atoms with Crippen LogP contribution >= 0.6 is 12.2 Å². The molecule has 4 fully saturated rings. The summed E-state index contributed by atoms with van der Waals surface area (Å²) in [5.41, 5.74) is 11.6. The van der Waals surface area contributed by atoms with Gasteiger partial charge >= 0.3 is 0 Å². The highest BCUT2D eigenvalue weighted by Crippen LogP contribution is 2.98. The number of hydrogen-bond donors (Lipinski definition) is 1. The maximum absolute atomic E-state index is 6.28. The lowest BCUT2D eigenvalue weighted by molar-refractivity contribution is -0.385. The van der Waals surface area contributed by atoms with Crippen molar-refractivity contribution in [1.82, 2.24) is 0 Å². The van der Waals surface area contributed by atoms with Gasteiger partial charge in [-0.15, -0.1) is 0 Å². The second-order valence-electron chi connectivity index (χ2n) is 8.51. The van der Waals surface area contributed by atoms with Crippen molar-refractivity contribution in [2.75, 3.05) is 0 Å². The molecule has 0 heterocycles. The van der Waals surface area contributed by atoms with Crippen LogP contribution < -0.4 is 5.73 Å². The van der Waals surface area contributed by atoms with Crippen molar-refractivity contribution in [3.63, 3.8) is 0 Å². The first-order valence-electron chi connectivity index (χ1n) is 9.28. The molecule has 4 saturated carbocycles. The Labute approximate surface area is 153 Å². The van der Waals surface area contributed by atoms with E-state index in [0.717, 1.165) is 4.99 Å². The van der Waals surface area contributed by atoms with Crippen LogP contribution in [0.15, 0.2) is 66.2 Å². The Bertz CT molecular complexity index is 923. The minimum Gasteiger partial charge on any atom is -0.393 e. The summed E-state index contributed by atoms with van der Waals surface area (Å²) in [4.78, 5) is 0.777. The van der Waals surface area contributed by atoms with Gasteiger partial charge in [0.1, 0.15) is 0 Å². The molecule has 0 amide bonds. The molecule has 1 nitrogen and oxygen atoms in total. The number of allylic oxidation sites excluding steroid dienone is 1. The normalized spacial score (nSPS) is 43.6. The van der Waals surface area contributed by atoms with Crippen LogP contribution in [0.4, 0.5) is 0 Å². The molecule has 4 aliphatic rings. The van der Waals surface area contributed by atoms with E-state index in [-0.39, 0.29) is 5.41 Å². The highest BCUT2D eigenvalue weighted by molar-refractivity contribution is 7.80. The number of thiocarbonyl (C=S) groups is 1. The molecular weight excluding hydrogens is 322 g/mol. The zero-order chi connectivity index (χ0) is 16.9. The molecule has 0 saturated heterocycles. The van der Waals surface area contributed by atoms with Crippen molar-refractivity contribution in [3.05, 3.63) is 77.4 Å². The predicted octanol–water partition coefficient (Wildman–Crippen LogP) is 4.72. The summed E-state index contributed by atoms with van der Waals surface area (Å²) in [6.45, 7) is 0. The summed E-state index contributed by atoms with van der Waals surface area (Å²) in [7, 11) is 0. The van der Waals surface area contributed by atoms with Crippen LogP contribution in [-0.2, 0) is 5.41 Å². The number of nitrogens with two attached hydrogens (primary N) is 1. The van der Waals surface area contributed by atoms with Crippen LogP contribution in [0.1, 0.15) is 30.4 Å². The fourth-order valence-corrected chi connectivity index (χ4v) is 7.76. The molecular formula is C23H21NS. The minimum absolute atomic E-state index is 0.139. The van der Waals surface area contributed by atoms with E-state index in [1.807, 2.05) is 0 Å². The number of hydrogen-bond acceptors (Lipinski definition) is 1. The third-order valence-corrected chi connectivity index (χ3v) is 8.52. The van der Waals surface area contributed by atoms with Gasteiger partial charge in [-0.05, 0) is 42.2 Å². The van der Waals surface area contributed by atoms with Gasteiger partial charge in [-0.1, -0.05) is 84.5 Å². The quantitative estimate of drug-likeness (QED) is 0.816. The van der Waals surface area contributed by atoms with Crippen LogP contribution in [0.5, 0.6) is 0 Å². The van der Waals surface area contributed by atoms with E-state index in [1.165, 1.54) is 30.4 Å². The Morgan fingerprint density at radius 1 is 0.960 bits per heavy atom. The Kier molecular flexibility index (Phi) is 2.42. The lowest BCUT2D eigenvalue weighted by Crippen LogP contribution is -2.94. The smallest absolute Gasteiger partial charge is 0.0797 e. The highest BCUT2D eigenvalue weighted by atomic mass is 32.1. The summed E-state index contributed by atoms with van der Waals surface area (Å²) < 4.78 is 0. The molecule has 0 aromatic heterocycles. The van der Waals surface area contributed by atoms with Gasteiger partial charge in [0.2, 0.25) is 0 Å². The summed E-state index contributed by atoms with van der Waals surface area (Å²) in [5.74, 6) is 1.36. The largest absolute Gasteiger partial charge is 0.393 e. The van der Waals surface area contributed by atoms with Crippen LogP contribution in [-0.4, -0.2) is 4.99 Å². The van der Waals surface area contributed by atoms with Crippen LogP contribution in [0.2, 0.25) is 0 Å². The number of benzene rings is 2. The van der Waals surface area contributed by atoms with Crippen molar-refractivity contribution in [1.29, 1.82) is 0 Å². The maximum atomic E-state index is 6.28. The molecule has 0 radical (unpaired) electrons. The summed E-state index contributed by atoms with van der Waals surface area (Å²) in [5, 5.41) is 0. The van der Waals surface area contributed by atoms with Gasteiger partial charge < -0.3 is 5.73 Å². The third-order valence-electron chi connectivity index (χ3n) is 8.13. The van der Waals surface area contributed by atoms with Gasteiger partial charge in [0.15, 0.2) is 0 Å². The third kappa shape index (κ3) is 1.26. The first-order valence-corrected chi connectivity index (χ1v) is 9.69. The van der Waals surface area contributed by atoms with Crippen LogP contribution in [0.3, 0.4) is 0 Å². The average Bonchev–Trinajstić information content (AvgIpc) is 2.58. The van der Waals surface area contributed by atoms with E-state index in [9.17, 15) is 0 Å². The molecule has 0 aliphatic heterocycles. The molecule has 6 rings (SSSR count). The molecule has 4 aliphatic carbocycles. The zero-order valence-electron chi connectivity index (χ0n) is 14.1. The standard InChI is InChI=1S/C23H21NS/c24-20(25)22-13-19-17(11-15-7-3-1-4-8-15)18-12-21(14-22,23(18,19)22)16-9-5-2-6-10-16/h1-11,18-19H,12-14H2,(H2,24,25)/b17-11+. The SMILES string of the molecule is NC(=S)C12CC3/C(=C/c4ccccc4)C4CC(c5ccccc5)(C1)C342. The lowest BCUT2D eigenvalue weighted by Gasteiger charge is -2.96. The van der Waals surface area contributed by atoms with E-state index in [4.69, 9.17) is 18.0 Å². The van der Waals surface area contributed by atoms with Gasteiger partial charge in [0, 0.05) is 16.2 Å². The molecule has 0 bridgehead atoms. The van der Waals surface area contributed by atoms with E-state index in [2.05, 4.69) is 66.7 Å². The lowest BCUT2D eigenvalue weighted by atomic mass is 9.07. The Morgan fingerprint density at radius 3 is 2.24 bits per heavy atom. The molecule has 124 valence electrons. The molecule has 2 heteroatoms. The van der Waals surface area contributed by atoms with E-state index >= 15 is 0 Å². The Hall–Kier alpha value is -1.93. The fourth-order valence-electron chi connectivity index (χ4n) is 7.43. The molecule has 2 N–H and O–H groups in total. The van der Waals surface area contributed by atoms with Crippen molar-refractivity contribution in [2.24, 2.45) is 28.4 Å². The Morgan fingerprint density at radius 2 is 1.60 bits per heavy atom. The second kappa shape index (κ2) is 4.24. The zero-order valence-corrected chi connectivity index (χ0v) is 14.9. The molecule has 2 aromatic carbocycles. The fraction of sp³-hybridized carbons (Fsp3) is 0.348. The Balaban J connectivity index is 1.44. The van der Waals surface area contributed by atoms with Crippen LogP contribution in [0, 0.1) is 22.7 Å². The summed E-state index contributed by atoms with van der Waals surface area (Å²) in [6, 6.07) is 21.9. The van der Waals surface area contributed by atoms with Gasteiger partial charge in [0.25, 0.3) is 0 Å². The van der Waals surface area contributed by atoms with Crippen molar-refractivity contribution in [3.8, 4) is 0 Å². The van der Waals surface area contributed by atoms with Crippen molar-refractivity contribution in [2.45, 2.75) is 24.7 Å². The monoisotopic (exact) mass is 343 g/mol. The summed E-state index contributed by atoms with van der Waals surface area (Å²) in [6.07, 6.45) is 6.06. The van der Waals surface area contributed by atoms with Crippen molar-refractivity contribution < 1.29 is 0 Å². The molecule has 5 unspecified atom stereocenters. The molecule has 2 aromatic rings. The second-order valence-corrected chi connectivity index (χ2v) is 8.95. The predicted molar refractivity (Wildman–Crippen MR) is 105 cm³/mol. The average molecular weight is 343 g/mol.